The van der Waals surface area contributed by atoms with Crippen LogP contribution >= 0.6 is 27.3 Å². The Hall–Kier alpha value is -1.52. The number of hydrogen-bond acceptors (Lipinski definition) is 6. The number of benzene rings is 1. The summed E-state index contributed by atoms with van der Waals surface area (Å²) in [5, 5.41) is 16.2. The highest BCUT2D eigenvalue weighted by Crippen LogP contribution is 2.29. The average Bonchev–Trinajstić information content (AvgIpc) is 2.83. The van der Waals surface area contributed by atoms with Crippen LogP contribution in [0.2, 0.25) is 0 Å². The number of sulfonamides is 1. The maximum absolute atomic E-state index is 12.3. The molecular formula is C10H8BrN3O4S2. The number of carbonyl (C=O) groups is 1. The lowest BCUT2D eigenvalue weighted by atomic mass is 10.1. The fraction of sp³-hybridized carbons (Fsp3) is 0.100. The normalized spacial score (nSPS) is 11.3. The van der Waals surface area contributed by atoms with Crippen molar-refractivity contribution in [3.63, 3.8) is 0 Å². The van der Waals surface area contributed by atoms with Crippen molar-refractivity contribution < 1.29 is 18.3 Å². The van der Waals surface area contributed by atoms with E-state index in [0.717, 1.165) is 17.4 Å². The molecule has 0 radical (unpaired) electrons. The Morgan fingerprint density at radius 1 is 1.45 bits per heavy atom. The van der Waals surface area contributed by atoms with E-state index in [1.165, 1.54) is 11.6 Å². The van der Waals surface area contributed by atoms with Crippen LogP contribution in [0.3, 0.4) is 0 Å². The molecule has 10 heteroatoms. The van der Waals surface area contributed by atoms with Crippen LogP contribution < -0.4 is 4.72 Å². The number of hydrogen-bond donors (Lipinski definition) is 2. The smallest absolute Gasteiger partial charge is 0.335 e. The molecule has 0 aliphatic carbocycles. The summed E-state index contributed by atoms with van der Waals surface area (Å²) in [4.78, 5) is 10.8. The lowest BCUT2D eigenvalue weighted by molar-refractivity contribution is 0.0696. The molecule has 0 spiro atoms. The summed E-state index contributed by atoms with van der Waals surface area (Å²) in [6.07, 6.45) is 0. The highest BCUT2D eigenvalue weighted by Gasteiger charge is 2.22. The highest BCUT2D eigenvalue weighted by atomic mass is 79.9. The molecule has 2 aromatic rings. The van der Waals surface area contributed by atoms with Gasteiger partial charge in [0.2, 0.25) is 5.13 Å². The van der Waals surface area contributed by atoms with Crippen LogP contribution in [0.5, 0.6) is 0 Å². The predicted molar refractivity (Wildman–Crippen MR) is 76.6 cm³/mol. The van der Waals surface area contributed by atoms with Gasteiger partial charge in [-0.1, -0.05) is 11.3 Å². The Kier molecular flexibility index (Phi) is 4.06. The van der Waals surface area contributed by atoms with Crippen molar-refractivity contribution in [1.29, 1.82) is 0 Å². The Morgan fingerprint density at radius 2 is 2.15 bits per heavy atom. The lowest BCUT2D eigenvalue weighted by Crippen LogP contribution is -2.15. The van der Waals surface area contributed by atoms with Gasteiger partial charge in [0.05, 0.1) is 5.56 Å². The van der Waals surface area contributed by atoms with Crippen molar-refractivity contribution in [2.75, 3.05) is 4.72 Å². The number of aromatic nitrogens is 2. The minimum Gasteiger partial charge on any atom is -0.478 e. The summed E-state index contributed by atoms with van der Waals surface area (Å²) >= 11 is 4.18. The van der Waals surface area contributed by atoms with E-state index >= 15 is 0 Å². The summed E-state index contributed by atoms with van der Waals surface area (Å²) in [6.45, 7) is 1.61. The van der Waals surface area contributed by atoms with Crippen LogP contribution in [0.15, 0.2) is 27.0 Å². The molecule has 106 valence electrons. The van der Waals surface area contributed by atoms with Crippen LogP contribution in [0, 0.1) is 6.92 Å². The fourth-order valence-electron chi connectivity index (χ4n) is 1.44. The molecule has 0 fully saturated rings. The Balaban J connectivity index is 2.53. The van der Waals surface area contributed by atoms with Gasteiger partial charge in [-0.05, 0) is 40.5 Å². The first-order valence-electron chi connectivity index (χ1n) is 5.13. The van der Waals surface area contributed by atoms with Gasteiger partial charge in [0.1, 0.15) is 10.4 Å². The molecule has 1 aromatic heterocycles. The summed E-state index contributed by atoms with van der Waals surface area (Å²) in [6, 6.07) is 2.47. The van der Waals surface area contributed by atoms with E-state index in [1.54, 1.807) is 6.92 Å². The number of aromatic carboxylic acids is 1. The predicted octanol–water partition coefficient (Wildman–Crippen LogP) is 2.11. The zero-order valence-electron chi connectivity index (χ0n) is 9.99. The maximum Gasteiger partial charge on any atom is 0.335 e. The van der Waals surface area contributed by atoms with Gasteiger partial charge in [-0.15, -0.1) is 10.2 Å². The first-order valence-corrected chi connectivity index (χ1v) is 8.29. The molecule has 0 atom stereocenters. The van der Waals surface area contributed by atoms with Crippen molar-refractivity contribution in [3.05, 3.63) is 33.2 Å². The van der Waals surface area contributed by atoms with Gasteiger partial charge in [-0.25, -0.2) is 13.2 Å². The third-order valence-corrected chi connectivity index (χ3v) is 5.75. The largest absolute Gasteiger partial charge is 0.478 e. The highest BCUT2D eigenvalue weighted by molar-refractivity contribution is 9.10. The van der Waals surface area contributed by atoms with Crippen LogP contribution in [0.4, 0.5) is 5.13 Å². The van der Waals surface area contributed by atoms with Gasteiger partial charge in [0, 0.05) is 4.47 Å². The van der Waals surface area contributed by atoms with E-state index in [9.17, 15) is 13.2 Å². The monoisotopic (exact) mass is 377 g/mol. The van der Waals surface area contributed by atoms with Crippen molar-refractivity contribution in [3.8, 4) is 0 Å². The molecule has 0 amide bonds. The Morgan fingerprint density at radius 3 is 2.70 bits per heavy atom. The molecule has 0 unspecified atom stereocenters. The van der Waals surface area contributed by atoms with Gasteiger partial charge >= 0.3 is 5.97 Å². The van der Waals surface area contributed by atoms with Crippen molar-refractivity contribution >= 4 is 48.4 Å². The molecule has 0 saturated heterocycles. The molecule has 2 rings (SSSR count). The number of halogens is 1. The van der Waals surface area contributed by atoms with E-state index < -0.39 is 16.0 Å². The zero-order chi connectivity index (χ0) is 14.9. The number of aryl methyl sites for hydroxylation is 1. The van der Waals surface area contributed by atoms with Crippen LogP contribution in [-0.4, -0.2) is 29.7 Å². The molecule has 0 bridgehead atoms. The average molecular weight is 378 g/mol. The number of rotatable bonds is 4. The van der Waals surface area contributed by atoms with Gasteiger partial charge < -0.3 is 5.11 Å². The number of carboxylic acids is 1. The van der Waals surface area contributed by atoms with E-state index in [0.29, 0.717) is 10.0 Å². The first kappa shape index (κ1) is 14.9. The SMILES string of the molecule is Cc1cc(C(=O)O)cc(S(=O)(=O)Nc2nncs2)c1Br. The third-order valence-electron chi connectivity index (χ3n) is 2.34. The van der Waals surface area contributed by atoms with Crippen molar-refractivity contribution in [2.24, 2.45) is 0 Å². The Bertz CT molecular complexity index is 759. The summed E-state index contributed by atoms with van der Waals surface area (Å²) in [5.41, 5.74) is 1.78. The van der Waals surface area contributed by atoms with Crippen molar-refractivity contribution in [2.45, 2.75) is 11.8 Å². The summed E-state index contributed by atoms with van der Waals surface area (Å²) in [5.74, 6) is -1.20. The van der Waals surface area contributed by atoms with Gasteiger partial charge in [0.15, 0.2) is 0 Å². The summed E-state index contributed by atoms with van der Waals surface area (Å²) in [7, 11) is -3.94. The van der Waals surface area contributed by atoms with Gasteiger partial charge in [-0.2, -0.15) is 0 Å². The van der Waals surface area contributed by atoms with Gasteiger partial charge in [-0.3, -0.25) is 4.72 Å². The molecule has 1 aromatic carbocycles. The second kappa shape index (κ2) is 5.46. The van der Waals surface area contributed by atoms with Crippen LogP contribution in [-0.2, 0) is 10.0 Å². The minimum absolute atomic E-state index is 0.107. The van der Waals surface area contributed by atoms with E-state index in [1.807, 2.05) is 0 Å². The van der Waals surface area contributed by atoms with E-state index in [2.05, 4.69) is 30.8 Å². The number of nitrogens with zero attached hydrogens (tertiary/aromatic N) is 2. The zero-order valence-corrected chi connectivity index (χ0v) is 13.2. The fourth-order valence-corrected chi connectivity index (χ4v) is 4.18. The second-order valence-corrected chi connectivity index (χ2v) is 7.04. The van der Waals surface area contributed by atoms with E-state index in [-0.39, 0.29) is 15.6 Å². The van der Waals surface area contributed by atoms with Crippen molar-refractivity contribution in [1.82, 2.24) is 10.2 Å². The number of carboxylic acid groups (broad SMARTS) is 1. The van der Waals surface area contributed by atoms with Crippen LogP contribution in [0.1, 0.15) is 15.9 Å². The molecule has 2 N–H and O–H groups in total. The molecule has 7 nitrogen and oxygen atoms in total. The quantitative estimate of drug-likeness (QED) is 0.844. The maximum atomic E-state index is 12.3. The van der Waals surface area contributed by atoms with Gasteiger partial charge in [0.25, 0.3) is 10.0 Å². The first-order chi connectivity index (χ1) is 9.31. The van der Waals surface area contributed by atoms with Crippen LogP contribution in [0.25, 0.3) is 0 Å². The third kappa shape index (κ3) is 2.97. The summed E-state index contributed by atoms with van der Waals surface area (Å²) < 4.78 is 27.1. The molecule has 1 heterocycles. The lowest BCUT2D eigenvalue weighted by Gasteiger charge is -2.10. The number of anilines is 1. The molecule has 0 saturated carbocycles. The Labute approximate surface area is 126 Å². The second-order valence-electron chi connectivity index (χ2n) is 3.76. The molecule has 0 aliphatic rings. The number of nitrogens with one attached hydrogen (secondary N) is 1. The van der Waals surface area contributed by atoms with E-state index in [4.69, 9.17) is 5.11 Å². The molecule has 0 aliphatic heterocycles. The minimum atomic E-state index is -3.94. The standard InChI is InChI=1S/C10H8BrN3O4S2/c1-5-2-6(9(15)16)3-7(8(5)11)20(17,18)14-10-13-12-4-19-10/h2-4H,1H3,(H,13,14)(H,15,16). The molecule has 20 heavy (non-hydrogen) atoms. The topological polar surface area (TPSA) is 109 Å². The molecular weight excluding hydrogens is 370 g/mol.